The van der Waals surface area contributed by atoms with E-state index in [0.717, 1.165) is 0 Å². The van der Waals surface area contributed by atoms with Crippen molar-refractivity contribution in [2.24, 2.45) is 5.73 Å². The van der Waals surface area contributed by atoms with E-state index >= 15 is 0 Å². The zero-order valence-corrected chi connectivity index (χ0v) is 11.0. The van der Waals surface area contributed by atoms with Crippen LogP contribution in [0.4, 0.5) is 0 Å². The fourth-order valence-electron chi connectivity index (χ4n) is 1.86. The van der Waals surface area contributed by atoms with Gasteiger partial charge in [0.15, 0.2) is 0 Å². The van der Waals surface area contributed by atoms with E-state index < -0.39 is 23.8 Å². The average Bonchev–Trinajstić information content (AvgIpc) is 2.89. The number of amides is 2. The second kappa shape index (κ2) is 6.04. The van der Waals surface area contributed by atoms with Gasteiger partial charge in [0.2, 0.25) is 5.91 Å². The average molecular weight is 290 g/mol. The van der Waals surface area contributed by atoms with Gasteiger partial charge in [-0.3, -0.25) is 9.59 Å². The molecule has 1 atom stereocenters. The maximum Gasteiger partial charge on any atom is 0.326 e. The third-order valence-electron chi connectivity index (χ3n) is 2.97. The Bertz CT molecular complexity index is 694. The molecule has 0 saturated carbocycles. The lowest BCUT2D eigenvalue weighted by Crippen LogP contribution is -2.41. The number of imidazole rings is 1. The SMILES string of the molecule is NC(=O)CC[C@@H](NC(=O)c1ccc2nc[nH]c2c1)C(=O)O. The summed E-state index contributed by atoms with van der Waals surface area (Å²) in [4.78, 5) is 40.7. The Balaban J connectivity index is 2.10. The Labute approximate surface area is 119 Å². The van der Waals surface area contributed by atoms with Crippen molar-refractivity contribution in [1.82, 2.24) is 15.3 Å². The minimum absolute atomic E-state index is 0.0529. The number of aromatic nitrogens is 2. The zero-order valence-electron chi connectivity index (χ0n) is 11.0. The Morgan fingerprint density at radius 2 is 2.14 bits per heavy atom. The van der Waals surface area contributed by atoms with Gasteiger partial charge >= 0.3 is 5.97 Å². The quantitative estimate of drug-likeness (QED) is 0.593. The van der Waals surface area contributed by atoms with Crippen LogP contribution >= 0.6 is 0 Å². The van der Waals surface area contributed by atoms with Crippen LogP contribution < -0.4 is 11.1 Å². The summed E-state index contributed by atoms with van der Waals surface area (Å²) in [5.74, 6) is -2.37. The van der Waals surface area contributed by atoms with Gasteiger partial charge in [-0.15, -0.1) is 0 Å². The number of H-pyrrole nitrogens is 1. The maximum absolute atomic E-state index is 12.0. The van der Waals surface area contributed by atoms with Gasteiger partial charge in [0.1, 0.15) is 6.04 Å². The number of carboxylic acid groups (broad SMARTS) is 1. The molecule has 2 aromatic rings. The summed E-state index contributed by atoms with van der Waals surface area (Å²) in [6.45, 7) is 0. The van der Waals surface area contributed by atoms with Crippen molar-refractivity contribution in [3.63, 3.8) is 0 Å². The number of nitrogens with two attached hydrogens (primary N) is 1. The van der Waals surface area contributed by atoms with Gasteiger partial charge in [0.25, 0.3) is 5.91 Å². The number of fused-ring (bicyclic) bond motifs is 1. The number of aliphatic carboxylic acids is 1. The second-order valence-electron chi connectivity index (χ2n) is 4.50. The summed E-state index contributed by atoms with van der Waals surface area (Å²) < 4.78 is 0. The fraction of sp³-hybridized carbons (Fsp3) is 0.231. The lowest BCUT2D eigenvalue weighted by molar-refractivity contribution is -0.139. The van der Waals surface area contributed by atoms with Crippen LogP contribution in [-0.4, -0.2) is 38.9 Å². The van der Waals surface area contributed by atoms with Gasteiger partial charge in [-0.1, -0.05) is 0 Å². The number of nitrogens with one attached hydrogen (secondary N) is 2. The number of carboxylic acids is 1. The molecule has 2 rings (SSSR count). The number of hydrogen-bond donors (Lipinski definition) is 4. The molecule has 0 spiro atoms. The molecule has 0 fully saturated rings. The molecule has 0 aliphatic heterocycles. The number of primary amides is 1. The van der Waals surface area contributed by atoms with Crippen molar-refractivity contribution in [2.45, 2.75) is 18.9 Å². The Hall–Kier alpha value is -2.90. The zero-order chi connectivity index (χ0) is 15.4. The molecule has 1 aromatic carbocycles. The molecule has 8 nitrogen and oxygen atoms in total. The normalized spacial score (nSPS) is 12.0. The molecule has 1 aromatic heterocycles. The van der Waals surface area contributed by atoms with Crippen LogP contribution in [0.1, 0.15) is 23.2 Å². The predicted octanol–water partition coefficient (Wildman–Crippen LogP) is 0.0114. The van der Waals surface area contributed by atoms with Crippen LogP contribution in [0.15, 0.2) is 24.5 Å². The molecule has 2 amide bonds. The lowest BCUT2D eigenvalue weighted by Gasteiger charge is -2.13. The largest absolute Gasteiger partial charge is 0.480 e. The van der Waals surface area contributed by atoms with E-state index in [0.29, 0.717) is 16.6 Å². The molecule has 0 saturated heterocycles. The van der Waals surface area contributed by atoms with E-state index in [-0.39, 0.29) is 12.8 Å². The van der Waals surface area contributed by atoms with Crippen LogP contribution in [-0.2, 0) is 9.59 Å². The summed E-state index contributed by atoms with van der Waals surface area (Å²) in [5.41, 5.74) is 6.66. The van der Waals surface area contributed by atoms with Gasteiger partial charge in [-0.2, -0.15) is 0 Å². The van der Waals surface area contributed by atoms with E-state index in [1.807, 2.05) is 0 Å². The first-order valence-electron chi connectivity index (χ1n) is 6.22. The van der Waals surface area contributed by atoms with Gasteiger partial charge in [0, 0.05) is 12.0 Å². The highest BCUT2D eigenvalue weighted by Gasteiger charge is 2.21. The Morgan fingerprint density at radius 1 is 1.38 bits per heavy atom. The van der Waals surface area contributed by atoms with Gasteiger partial charge in [-0.05, 0) is 24.6 Å². The van der Waals surface area contributed by atoms with Crippen molar-refractivity contribution in [1.29, 1.82) is 0 Å². The molecular weight excluding hydrogens is 276 g/mol. The number of hydrogen-bond acceptors (Lipinski definition) is 4. The highest BCUT2D eigenvalue weighted by Crippen LogP contribution is 2.12. The summed E-state index contributed by atoms with van der Waals surface area (Å²) in [6, 6.07) is 3.61. The fourth-order valence-corrected chi connectivity index (χ4v) is 1.86. The number of carbonyl (C=O) groups excluding carboxylic acids is 2. The van der Waals surface area contributed by atoms with Crippen molar-refractivity contribution < 1.29 is 19.5 Å². The van der Waals surface area contributed by atoms with E-state index in [2.05, 4.69) is 15.3 Å². The molecule has 5 N–H and O–H groups in total. The van der Waals surface area contributed by atoms with Gasteiger partial charge < -0.3 is 21.1 Å². The predicted molar refractivity (Wildman–Crippen MR) is 73.4 cm³/mol. The summed E-state index contributed by atoms with van der Waals surface area (Å²) >= 11 is 0. The van der Waals surface area contributed by atoms with Crippen LogP contribution in [0.5, 0.6) is 0 Å². The monoisotopic (exact) mass is 290 g/mol. The molecule has 21 heavy (non-hydrogen) atoms. The molecule has 1 heterocycles. The molecule has 0 unspecified atom stereocenters. The molecule has 110 valence electrons. The number of carbonyl (C=O) groups is 3. The van der Waals surface area contributed by atoms with Crippen molar-refractivity contribution >= 4 is 28.8 Å². The minimum atomic E-state index is -1.22. The number of rotatable bonds is 6. The number of nitrogens with zero attached hydrogens (tertiary/aromatic N) is 1. The van der Waals surface area contributed by atoms with Crippen molar-refractivity contribution in [3.8, 4) is 0 Å². The summed E-state index contributed by atoms with van der Waals surface area (Å²) in [7, 11) is 0. The smallest absolute Gasteiger partial charge is 0.326 e. The van der Waals surface area contributed by atoms with Crippen LogP contribution in [0.25, 0.3) is 11.0 Å². The Morgan fingerprint density at radius 3 is 2.81 bits per heavy atom. The number of aromatic amines is 1. The first-order valence-corrected chi connectivity index (χ1v) is 6.22. The van der Waals surface area contributed by atoms with E-state index in [4.69, 9.17) is 10.8 Å². The highest BCUT2D eigenvalue weighted by atomic mass is 16.4. The molecule has 8 heteroatoms. The van der Waals surface area contributed by atoms with Gasteiger partial charge in [0.05, 0.1) is 17.4 Å². The van der Waals surface area contributed by atoms with E-state index in [9.17, 15) is 14.4 Å². The summed E-state index contributed by atoms with van der Waals surface area (Å²) in [6.07, 6.45) is 1.33. The maximum atomic E-state index is 12.0. The van der Waals surface area contributed by atoms with Crippen LogP contribution in [0.2, 0.25) is 0 Å². The Kier molecular flexibility index (Phi) is 4.17. The van der Waals surface area contributed by atoms with Crippen molar-refractivity contribution in [2.75, 3.05) is 0 Å². The molecule has 0 radical (unpaired) electrons. The molecule has 0 aliphatic rings. The second-order valence-corrected chi connectivity index (χ2v) is 4.50. The summed E-state index contributed by atoms with van der Waals surface area (Å²) in [5, 5.41) is 11.4. The number of benzene rings is 1. The molecular formula is C13H14N4O4. The standard InChI is InChI=1S/C13H14N4O4/c14-11(18)4-3-9(13(20)21)17-12(19)7-1-2-8-10(5-7)16-6-15-8/h1-2,5-6,9H,3-4H2,(H2,14,18)(H,15,16)(H,17,19)(H,20,21)/t9-/m1/s1. The topological polar surface area (TPSA) is 138 Å². The highest BCUT2D eigenvalue weighted by molar-refractivity contribution is 5.99. The third kappa shape index (κ3) is 3.56. The van der Waals surface area contributed by atoms with Crippen LogP contribution in [0.3, 0.4) is 0 Å². The first-order chi connectivity index (χ1) is 9.97. The van der Waals surface area contributed by atoms with Crippen LogP contribution in [0, 0.1) is 0 Å². The first kappa shape index (κ1) is 14.5. The van der Waals surface area contributed by atoms with E-state index in [1.54, 1.807) is 18.2 Å². The third-order valence-corrected chi connectivity index (χ3v) is 2.97. The lowest BCUT2D eigenvalue weighted by atomic mass is 10.1. The van der Waals surface area contributed by atoms with E-state index in [1.165, 1.54) is 6.33 Å². The van der Waals surface area contributed by atoms with Gasteiger partial charge in [-0.25, -0.2) is 9.78 Å². The molecule has 0 bridgehead atoms. The minimum Gasteiger partial charge on any atom is -0.480 e. The van der Waals surface area contributed by atoms with Crippen molar-refractivity contribution in [3.05, 3.63) is 30.1 Å². The molecule has 0 aliphatic carbocycles.